The first-order chi connectivity index (χ1) is 8.11. The topological polar surface area (TPSA) is 12.0 Å². The second-order valence-corrected chi connectivity index (χ2v) is 5.27. The average Bonchev–Trinajstić information content (AvgIpc) is 2.32. The Morgan fingerprint density at radius 1 is 1.18 bits per heavy atom. The van der Waals surface area contributed by atoms with E-state index in [0.717, 1.165) is 35.0 Å². The molecule has 0 spiro atoms. The Labute approximate surface area is 115 Å². The maximum absolute atomic E-state index is 6.28. The van der Waals surface area contributed by atoms with E-state index in [4.69, 9.17) is 23.2 Å². The molecule has 0 radical (unpaired) electrons. The highest BCUT2D eigenvalue weighted by molar-refractivity contribution is 6.36. The molecule has 0 aliphatic carbocycles. The summed E-state index contributed by atoms with van der Waals surface area (Å²) < 4.78 is 0. The van der Waals surface area contributed by atoms with Crippen molar-refractivity contribution in [3.63, 3.8) is 0 Å². The quantitative estimate of drug-likeness (QED) is 0.762. The lowest BCUT2D eigenvalue weighted by molar-refractivity contribution is 0.377. The third-order valence-electron chi connectivity index (χ3n) is 3.14. The zero-order chi connectivity index (χ0) is 12.8. The van der Waals surface area contributed by atoms with Crippen LogP contribution in [0, 0.1) is 5.92 Å². The molecule has 3 heteroatoms. The number of benzene rings is 1. The molecule has 1 nitrogen and oxygen atoms in total. The molecule has 1 N–H and O–H groups in total. The number of rotatable bonds is 6. The Kier molecular flexibility index (Phi) is 6.32. The highest BCUT2D eigenvalue weighted by Crippen LogP contribution is 2.35. The molecule has 0 aliphatic rings. The van der Waals surface area contributed by atoms with Crippen molar-refractivity contribution < 1.29 is 0 Å². The van der Waals surface area contributed by atoms with Crippen molar-refractivity contribution in [3.8, 4) is 0 Å². The zero-order valence-corrected chi connectivity index (χ0v) is 12.3. The highest BCUT2D eigenvalue weighted by atomic mass is 35.5. The lowest BCUT2D eigenvalue weighted by Crippen LogP contribution is -2.28. The molecule has 0 bridgehead atoms. The molecule has 96 valence electrons. The Hall–Kier alpha value is -0.240. The fourth-order valence-corrected chi connectivity index (χ4v) is 2.56. The van der Waals surface area contributed by atoms with Gasteiger partial charge < -0.3 is 5.32 Å². The minimum atomic E-state index is 0.237. The summed E-state index contributed by atoms with van der Waals surface area (Å²) in [7, 11) is 0. The molecule has 0 amide bonds. The molecule has 0 saturated carbocycles. The molecule has 0 fully saturated rings. The first kappa shape index (κ1) is 14.8. The Morgan fingerprint density at radius 2 is 1.76 bits per heavy atom. The van der Waals surface area contributed by atoms with Crippen LogP contribution in [0.4, 0.5) is 0 Å². The normalized spacial score (nSPS) is 14.6. The van der Waals surface area contributed by atoms with Gasteiger partial charge in [-0.15, -0.1) is 0 Å². The van der Waals surface area contributed by atoms with E-state index in [9.17, 15) is 0 Å². The van der Waals surface area contributed by atoms with Crippen LogP contribution in [0.5, 0.6) is 0 Å². The predicted octanol–water partition coefficient (Wildman–Crippen LogP) is 5.08. The molecule has 0 aromatic heterocycles. The summed E-state index contributed by atoms with van der Waals surface area (Å²) in [6.07, 6.45) is 2.21. The smallest absolute Gasteiger partial charge is 0.0468 e. The van der Waals surface area contributed by atoms with Gasteiger partial charge in [-0.25, -0.2) is 0 Å². The first-order valence-corrected chi connectivity index (χ1v) is 7.04. The van der Waals surface area contributed by atoms with Crippen molar-refractivity contribution in [3.05, 3.63) is 33.8 Å². The SMILES string of the molecule is CCCNC(c1c(Cl)cccc1Cl)C(C)CC. The molecular formula is C14H21Cl2N. The van der Waals surface area contributed by atoms with Gasteiger partial charge in [-0.2, -0.15) is 0 Å². The second-order valence-electron chi connectivity index (χ2n) is 4.45. The van der Waals surface area contributed by atoms with Crippen LogP contribution in [0.1, 0.15) is 45.2 Å². The van der Waals surface area contributed by atoms with Crippen LogP contribution in [0.3, 0.4) is 0 Å². The van der Waals surface area contributed by atoms with Gasteiger partial charge in [0.2, 0.25) is 0 Å². The zero-order valence-electron chi connectivity index (χ0n) is 10.8. The van der Waals surface area contributed by atoms with Gasteiger partial charge in [-0.1, -0.05) is 56.5 Å². The van der Waals surface area contributed by atoms with Gasteiger partial charge >= 0.3 is 0 Å². The van der Waals surface area contributed by atoms with E-state index >= 15 is 0 Å². The second kappa shape index (κ2) is 7.25. The fraction of sp³-hybridized carbons (Fsp3) is 0.571. The van der Waals surface area contributed by atoms with Crippen LogP contribution in [0.15, 0.2) is 18.2 Å². The summed E-state index contributed by atoms with van der Waals surface area (Å²) in [5.74, 6) is 0.513. The summed E-state index contributed by atoms with van der Waals surface area (Å²) in [5.41, 5.74) is 1.04. The standard InChI is InChI=1S/C14H21Cl2N/c1-4-9-17-14(10(3)5-2)13-11(15)7-6-8-12(13)16/h6-8,10,14,17H,4-5,9H2,1-3H3. The molecule has 2 atom stereocenters. The maximum atomic E-state index is 6.28. The van der Waals surface area contributed by atoms with E-state index in [1.807, 2.05) is 18.2 Å². The molecule has 0 saturated heterocycles. The van der Waals surface area contributed by atoms with Crippen molar-refractivity contribution in [2.75, 3.05) is 6.54 Å². The molecule has 0 heterocycles. The Morgan fingerprint density at radius 3 is 2.24 bits per heavy atom. The van der Waals surface area contributed by atoms with Crippen LogP contribution in [-0.4, -0.2) is 6.54 Å². The lowest BCUT2D eigenvalue weighted by atomic mass is 9.92. The van der Waals surface area contributed by atoms with Crippen molar-refractivity contribution in [2.24, 2.45) is 5.92 Å². The van der Waals surface area contributed by atoms with Gasteiger partial charge in [0, 0.05) is 21.7 Å². The number of halogens is 2. The number of hydrogen-bond acceptors (Lipinski definition) is 1. The Balaban J connectivity index is 3.03. The summed E-state index contributed by atoms with van der Waals surface area (Å²) >= 11 is 12.6. The molecule has 2 unspecified atom stereocenters. The molecule has 1 aromatic rings. The van der Waals surface area contributed by atoms with E-state index < -0.39 is 0 Å². The molecule has 0 aliphatic heterocycles. The highest BCUT2D eigenvalue weighted by Gasteiger charge is 2.22. The maximum Gasteiger partial charge on any atom is 0.0468 e. The van der Waals surface area contributed by atoms with E-state index in [1.54, 1.807) is 0 Å². The van der Waals surface area contributed by atoms with Crippen LogP contribution in [0.25, 0.3) is 0 Å². The monoisotopic (exact) mass is 273 g/mol. The number of hydrogen-bond donors (Lipinski definition) is 1. The molecule has 1 aromatic carbocycles. The average molecular weight is 274 g/mol. The fourth-order valence-electron chi connectivity index (χ4n) is 1.93. The number of nitrogens with one attached hydrogen (secondary N) is 1. The van der Waals surface area contributed by atoms with Gasteiger partial charge in [0.1, 0.15) is 0 Å². The minimum Gasteiger partial charge on any atom is -0.310 e. The van der Waals surface area contributed by atoms with Crippen molar-refractivity contribution in [1.29, 1.82) is 0 Å². The molecular weight excluding hydrogens is 253 g/mol. The van der Waals surface area contributed by atoms with Crippen molar-refractivity contribution >= 4 is 23.2 Å². The minimum absolute atomic E-state index is 0.237. The van der Waals surface area contributed by atoms with Crippen LogP contribution in [0.2, 0.25) is 10.0 Å². The van der Waals surface area contributed by atoms with E-state index in [0.29, 0.717) is 5.92 Å². The van der Waals surface area contributed by atoms with Crippen LogP contribution < -0.4 is 5.32 Å². The van der Waals surface area contributed by atoms with Crippen molar-refractivity contribution in [2.45, 2.75) is 39.7 Å². The van der Waals surface area contributed by atoms with Gasteiger partial charge in [0.15, 0.2) is 0 Å². The predicted molar refractivity (Wildman–Crippen MR) is 77.0 cm³/mol. The largest absolute Gasteiger partial charge is 0.310 e. The van der Waals surface area contributed by atoms with E-state index in [2.05, 4.69) is 26.1 Å². The summed E-state index contributed by atoms with van der Waals surface area (Å²) in [4.78, 5) is 0. The van der Waals surface area contributed by atoms with Crippen LogP contribution in [-0.2, 0) is 0 Å². The third-order valence-corrected chi connectivity index (χ3v) is 3.80. The van der Waals surface area contributed by atoms with E-state index in [-0.39, 0.29) is 6.04 Å². The third kappa shape index (κ3) is 3.87. The Bertz CT molecular complexity index is 332. The van der Waals surface area contributed by atoms with Gasteiger partial charge in [-0.05, 0) is 31.0 Å². The molecule has 1 rings (SSSR count). The van der Waals surface area contributed by atoms with Crippen molar-refractivity contribution in [1.82, 2.24) is 5.32 Å². The first-order valence-electron chi connectivity index (χ1n) is 6.29. The summed E-state index contributed by atoms with van der Waals surface area (Å²) in [6.45, 7) is 7.56. The van der Waals surface area contributed by atoms with Gasteiger partial charge in [0.05, 0.1) is 0 Å². The molecule has 17 heavy (non-hydrogen) atoms. The van der Waals surface area contributed by atoms with Crippen LogP contribution >= 0.6 is 23.2 Å². The van der Waals surface area contributed by atoms with Gasteiger partial charge in [-0.3, -0.25) is 0 Å². The van der Waals surface area contributed by atoms with E-state index in [1.165, 1.54) is 0 Å². The summed E-state index contributed by atoms with van der Waals surface area (Å²) in [5, 5.41) is 5.06. The lowest BCUT2D eigenvalue weighted by Gasteiger charge is -2.26. The summed E-state index contributed by atoms with van der Waals surface area (Å²) in [6, 6.07) is 5.94. The van der Waals surface area contributed by atoms with Gasteiger partial charge in [0.25, 0.3) is 0 Å².